The Kier molecular flexibility index (Phi) is 7.08. The van der Waals surface area contributed by atoms with Crippen molar-refractivity contribution < 1.29 is 4.79 Å². The molecule has 1 amide bonds. The Morgan fingerprint density at radius 1 is 1.14 bits per heavy atom. The van der Waals surface area contributed by atoms with E-state index in [1.165, 1.54) is 11.3 Å². The van der Waals surface area contributed by atoms with Gasteiger partial charge in [-0.25, -0.2) is 4.98 Å². The summed E-state index contributed by atoms with van der Waals surface area (Å²) in [7, 11) is 4.03. The van der Waals surface area contributed by atoms with Crippen LogP contribution in [0.2, 0.25) is 10.0 Å². The molecule has 0 unspecified atom stereocenters. The molecular weight excluding hydrogens is 413 g/mol. The van der Waals surface area contributed by atoms with Crippen LogP contribution in [0.1, 0.15) is 12.0 Å². The lowest BCUT2D eigenvalue weighted by Gasteiger charge is -2.19. The maximum Gasteiger partial charge on any atom is 0.252 e. The Morgan fingerprint density at radius 3 is 2.68 bits per heavy atom. The third-order valence-electron chi connectivity index (χ3n) is 4.13. The van der Waals surface area contributed by atoms with Gasteiger partial charge in [0.15, 0.2) is 5.13 Å². The van der Waals surface area contributed by atoms with Crippen molar-refractivity contribution in [1.29, 1.82) is 0 Å². The maximum atomic E-state index is 13.0. The van der Waals surface area contributed by atoms with Crippen LogP contribution < -0.4 is 4.90 Å². The third-order valence-corrected chi connectivity index (χ3v) is 5.75. The SMILES string of the molecule is CN(C)CCCN(C(=O)/C=C/c1ccccc1Cl)c1nc2ccc(Cl)cc2s1. The fourth-order valence-corrected chi connectivity index (χ4v) is 4.18. The molecule has 0 saturated carbocycles. The molecule has 1 aromatic heterocycles. The van der Waals surface area contributed by atoms with Crippen molar-refractivity contribution in [2.45, 2.75) is 6.42 Å². The predicted molar refractivity (Wildman–Crippen MR) is 121 cm³/mol. The lowest BCUT2D eigenvalue weighted by Crippen LogP contribution is -2.32. The standard InChI is InChI=1S/C21H21Cl2N3OS/c1-25(2)12-5-13-26(20(27)11-8-15-6-3-4-7-17(15)23)21-24-18-10-9-16(22)14-19(18)28-21/h3-4,6-11,14H,5,12-13H2,1-2H3/b11-8+. The topological polar surface area (TPSA) is 36.4 Å². The van der Waals surface area contributed by atoms with Crippen LogP contribution in [0, 0.1) is 0 Å². The lowest BCUT2D eigenvalue weighted by atomic mass is 10.2. The fraction of sp³-hybridized carbons (Fsp3) is 0.238. The average Bonchev–Trinajstić information content (AvgIpc) is 3.06. The van der Waals surface area contributed by atoms with Crippen molar-refractivity contribution in [2.24, 2.45) is 0 Å². The number of carbonyl (C=O) groups is 1. The van der Waals surface area contributed by atoms with E-state index in [1.807, 2.05) is 50.5 Å². The van der Waals surface area contributed by atoms with Gasteiger partial charge >= 0.3 is 0 Å². The molecule has 0 atom stereocenters. The molecule has 0 aliphatic carbocycles. The van der Waals surface area contributed by atoms with E-state index in [1.54, 1.807) is 23.1 Å². The Morgan fingerprint density at radius 2 is 1.93 bits per heavy atom. The summed E-state index contributed by atoms with van der Waals surface area (Å²) in [5.41, 5.74) is 1.65. The van der Waals surface area contributed by atoms with Crippen molar-refractivity contribution in [3.8, 4) is 0 Å². The number of carbonyl (C=O) groups excluding carboxylic acids is 1. The van der Waals surface area contributed by atoms with E-state index in [4.69, 9.17) is 23.2 Å². The van der Waals surface area contributed by atoms with Crippen molar-refractivity contribution in [3.63, 3.8) is 0 Å². The molecule has 0 spiro atoms. The Labute approximate surface area is 179 Å². The zero-order valence-electron chi connectivity index (χ0n) is 15.7. The number of benzene rings is 2. The van der Waals surface area contributed by atoms with Gasteiger partial charge in [-0.2, -0.15) is 0 Å². The monoisotopic (exact) mass is 433 g/mol. The highest BCUT2D eigenvalue weighted by molar-refractivity contribution is 7.22. The molecule has 0 N–H and O–H groups in total. The van der Waals surface area contributed by atoms with E-state index in [-0.39, 0.29) is 5.91 Å². The minimum atomic E-state index is -0.121. The molecule has 0 fully saturated rings. The highest BCUT2D eigenvalue weighted by atomic mass is 35.5. The zero-order chi connectivity index (χ0) is 20.1. The molecule has 1 heterocycles. The Hall–Kier alpha value is -1.92. The number of amides is 1. The second-order valence-electron chi connectivity index (χ2n) is 6.61. The third kappa shape index (κ3) is 5.32. The summed E-state index contributed by atoms with van der Waals surface area (Å²) in [5.74, 6) is -0.121. The summed E-state index contributed by atoms with van der Waals surface area (Å²) < 4.78 is 0.961. The van der Waals surface area contributed by atoms with Crippen LogP contribution in [0.15, 0.2) is 48.5 Å². The van der Waals surface area contributed by atoms with Crippen LogP contribution in [0.4, 0.5) is 5.13 Å². The van der Waals surface area contributed by atoms with Crippen molar-refractivity contribution in [2.75, 3.05) is 32.1 Å². The first-order chi connectivity index (χ1) is 13.4. The van der Waals surface area contributed by atoms with Crippen LogP contribution in [0.3, 0.4) is 0 Å². The molecule has 0 aliphatic heterocycles. The summed E-state index contributed by atoms with van der Waals surface area (Å²) in [6.07, 6.45) is 4.14. The van der Waals surface area contributed by atoms with E-state index in [0.717, 1.165) is 28.7 Å². The first-order valence-electron chi connectivity index (χ1n) is 8.89. The average molecular weight is 434 g/mol. The first kappa shape index (κ1) is 20.8. The highest BCUT2D eigenvalue weighted by Crippen LogP contribution is 2.31. The van der Waals surface area contributed by atoms with Crippen molar-refractivity contribution in [3.05, 3.63) is 64.1 Å². The van der Waals surface area contributed by atoms with Crippen LogP contribution in [0.5, 0.6) is 0 Å². The number of thiazole rings is 1. The minimum absolute atomic E-state index is 0.121. The number of hydrogen-bond acceptors (Lipinski definition) is 4. The van der Waals surface area contributed by atoms with Gasteiger partial charge in [-0.3, -0.25) is 9.69 Å². The molecule has 0 saturated heterocycles. The summed E-state index contributed by atoms with van der Waals surface area (Å²) in [4.78, 5) is 21.4. The van der Waals surface area contributed by atoms with E-state index >= 15 is 0 Å². The van der Waals surface area contributed by atoms with Gasteiger partial charge in [0.05, 0.1) is 10.2 Å². The fourth-order valence-electron chi connectivity index (χ4n) is 2.71. The van der Waals surface area contributed by atoms with Crippen LogP contribution in [0.25, 0.3) is 16.3 Å². The largest absolute Gasteiger partial charge is 0.309 e. The van der Waals surface area contributed by atoms with E-state index in [0.29, 0.717) is 21.7 Å². The van der Waals surface area contributed by atoms with Crippen molar-refractivity contribution >= 4 is 61.9 Å². The summed E-state index contributed by atoms with van der Waals surface area (Å²) >= 11 is 13.7. The number of halogens is 2. The van der Waals surface area contributed by atoms with Gasteiger partial charge in [-0.1, -0.05) is 52.7 Å². The smallest absolute Gasteiger partial charge is 0.252 e. The molecule has 2 aromatic carbocycles. The van der Waals surface area contributed by atoms with Crippen LogP contribution in [-0.2, 0) is 4.79 Å². The summed E-state index contributed by atoms with van der Waals surface area (Å²) in [6.45, 7) is 1.46. The van der Waals surface area contributed by atoms with Crippen LogP contribution >= 0.6 is 34.5 Å². The quantitative estimate of drug-likeness (QED) is 0.454. The van der Waals surface area contributed by atoms with Gasteiger partial charge < -0.3 is 4.90 Å². The van der Waals surface area contributed by atoms with Gasteiger partial charge in [0.2, 0.25) is 0 Å². The molecule has 3 aromatic rings. The molecule has 0 bridgehead atoms. The molecule has 0 radical (unpaired) electrons. The number of rotatable bonds is 7. The highest BCUT2D eigenvalue weighted by Gasteiger charge is 2.18. The molecule has 4 nitrogen and oxygen atoms in total. The number of fused-ring (bicyclic) bond motifs is 1. The van der Waals surface area contributed by atoms with Gasteiger partial charge in [-0.15, -0.1) is 0 Å². The van der Waals surface area contributed by atoms with E-state index < -0.39 is 0 Å². The number of nitrogens with zero attached hydrogens (tertiary/aromatic N) is 3. The normalized spacial score (nSPS) is 11.6. The summed E-state index contributed by atoms with van der Waals surface area (Å²) in [5, 5.41) is 1.94. The molecule has 28 heavy (non-hydrogen) atoms. The number of aromatic nitrogens is 1. The Bertz CT molecular complexity index is 1000. The zero-order valence-corrected chi connectivity index (χ0v) is 18.1. The Balaban J connectivity index is 1.86. The van der Waals surface area contributed by atoms with Crippen molar-refractivity contribution in [1.82, 2.24) is 9.88 Å². The number of anilines is 1. The minimum Gasteiger partial charge on any atom is -0.309 e. The second kappa shape index (κ2) is 9.52. The van der Waals surface area contributed by atoms with Gasteiger partial charge in [0.25, 0.3) is 5.91 Å². The number of hydrogen-bond donors (Lipinski definition) is 0. The van der Waals surface area contributed by atoms with Gasteiger partial charge in [-0.05, 0) is 63.0 Å². The molecule has 7 heteroatoms. The summed E-state index contributed by atoms with van der Waals surface area (Å²) in [6, 6.07) is 13.0. The van der Waals surface area contributed by atoms with E-state index in [2.05, 4.69) is 9.88 Å². The predicted octanol–water partition coefficient (Wildman–Crippen LogP) is 5.60. The van der Waals surface area contributed by atoms with Gasteiger partial charge in [0, 0.05) is 22.7 Å². The first-order valence-corrected chi connectivity index (χ1v) is 10.5. The van der Waals surface area contributed by atoms with E-state index in [9.17, 15) is 4.79 Å². The van der Waals surface area contributed by atoms with Gasteiger partial charge in [0.1, 0.15) is 0 Å². The maximum absolute atomic E-state index is 13.0. The van der Waals surface area contributed by atoms with Crippen LogP contribution in [-0.4, -0.2) is 43.0 Å². The molecule has 3 rings (SSSR count). The molecule has 0 aliphatic rings. The second-order valence-corrected chi connectivity index (χ2v) is 8.46. The molecular formula is C21H21Cl2N3OS. The lowest BCUT2D eigenvalue weighted by molar-refractivity contribution is -0.114. The molecule has 146 valence electrons.